The van der Waals surface area contributed by atoms with Crippen molar-refractivity contribution in [2.24, 2.45) is 17.8 Å². The lowest BCUT2D eigenvalue weighted by Gasteiger charge is -2.50. The Morgan fingerprint density at radius 1 is 1.00 bits per heavy atom. The van der Waals surface area contributed by atoms with Crippen LogP contribution in [0.5, 0.6) is 5.75 Å². The highest BCUT2D eigenvalue weighted by molar-refractivity contribution is 7.91. The molecule has 0 spiro atoms. The number of carbonyl (C=O) groups excluding carboxylic acids is 1. The van der Waals surface area contributed by atoms with Gasteiger partial charge in [-0.3, -0.25) is 9.69 Å². The van der Waals surface area contributed by atoms with E-state index in [1.54, 1.807) is 25.1 Å². The van der Waals surface area contributed by atoms with E-state index in [9.17, 15) is 26.7 Å². The topological polar surface area (TPSA) is 133 Å². The minimum atomic E-state index is -3.99. The van der Waals surface area contributed by atoms with Gasteiger partial charge in [0.25, 0.3) is 5.91 Å². The van der Waals surface area contributed by atoms with Gasteiger partial charge in [-0.15, -0.1) is 0 Å². The number of aryl methyl sites for hydroxylation is 1. The van der Waals surface area contributed by atoms with Crippen LogP contribution in [0.2, 0.25) is 5.02 Å². The summed E-state index contributed by atoms with van der Waals surface area (Å²) in [6.45, 7) is 6.58. The van der Waals surface area contributed by atoms with Crippen molar-refractivity contribution in [1.82, 2.24) is 9.62 Å². The van der Waals surface area contributed by atoms with Crippen molar-refractivity contribution < 1.29 is 31.5 Å². The van der Waals surface area contributed by atoms with Gasteiger partial charge < -0.3 is 14.7 Å². The average molecular weight is 750 g/mol. The van der Waals surface area contributed by atoms with E-state index in [4.69, 9.17) is 16.3 Å². The number of hydrogen-bond acceptors (Lipinski definition) is 9. The quantitative estimate of drug-likeness (QED) is 0.434. The highest BCUT2D eigenvalue weighted by Gasteiger charge is 2.48. The molecule has 6 atom stereocenters. The Bertz CT molecular complexity index is 1790. The van der Waals surface area contributed by atoms with Gasteiger partial charge in [-0.25, -0.2) is 21.6 Å². The van der Waals surface area contributed by atoms with Gasteiger partial charge in [-0.1, -0.05) is 31.0 Å². The predicted octanol–water partition coefficient (Wildman–Crippen LogP) is 5.21. The molecule has 2 N–H and O–H groups in total. The Morgan fingerprint density at radius 2 is 1.80 bits per heavy atom. The van der Waals surface area contributed by atoms with Crippen LogP contribution in [0.25, 0.3) is 0 Å². The van der Waals surface area contributed by atoms with Crippen molar-refractivity contribution in [2.45, 2.75) is 94.3 Å². The fraction of sp³-hybridized carbons (Fsp3) is 0.649. The molecule has 3 heterocycles. The van der Waals surface area contributed by atoms with Crippen molar-refractivity contribution in [1.29, 1.82) is 0 Å². The third-order valence-corrected chi connectivity index (χ3v) is 15.7. The van der Waals surface area contributed by atoms with Crippen LogP contribution < -0.4 is 14.4 Å². The van der Waals surface area contributed by atoms with E-state index in [2.05, 4.69) is 14.5 Å². The van der Waals surface area contributed by atoms with Crippen LogP contribution in [0.3, 0.4) is 0 Å². The summed E-state index contributed by atoms with van der Waals surface area (Å²) in [6.07, 6.45) is 7.97. The number of β-amino-alcohol motifs (C(OH)–C–C–N with tert-alkyl or cyclic N) is 1. The summed E-state index contributed by atoms with van der Waals surface area (Å²) in [7, 11) is -7.18. The van der Waals surface area contributed by atoms with Crippen molar-refractivity contribution >= 4 is 43.1 Å². The number of aliphatic hydroxyl groups is 1. The Labute approximate surface area is 302 Å². The number of hydrogen-bond donors (Lipinski definition) is 2. The molecule has 4 aliphatic rings. The largest absolute Gasteiger partial charge is 0.487 e. The summed E-state index contributed by atoms with van der Waals surface area (Å²) >= 11 is 6.36. The van der Waals surface area contributed by atoms with Gasteiger partial charge in [-0.05, 0) is 124 Å². The molecular weight excluding hydrogens is 698 g/mol. The fourth-order valence-electron chi connectivity index (χ4n) is 8.47. The lowest BCUT2D eigenvalue weighted by molar-refractivity contribution is -0.103. The highest BCUT2D eigenvalue weighted by Crippen LogP contribution is 2.47. The number of ether oxygens (including phenoxy) is 1. The summed E-state index contributed by atoms with van der Waals surface area (Å²) in [6, 6.07) is 11.0. The molecule has 0 unspecified atom stereocenters. The second-order valence-corrected chi connectivity index (χ2v) is 20.2. The third-order valence-electron chi connectivity index (χ3n) is 11.9. The van der Waals surface area contributed by atoms with E-state index < -0.39 is 41.9 Å². The van der Waals surface area contributed by atoms with Crippen LogP contribution in [-0.2, 0) is 32.9 Å². The third kappa shape index (κ3) is 8.30. The molecule has 0 radical (unpaired) electrons. The van der Waals surface area contributed by atoms with Crippen LogP contribution in [0.15, 0.2) is 36.4 Å². The number of anilines is 1. The molecule has 2 aromatic carbocycles. The summed E-state index contributed by atoms with van der Waals surface area (Å²) < 4.78 is 60.5. The van der Waals surface area contributed by atoms with Gasteiger partial charge in [-0.2, -0.15) is 0 Å². The predicted molar refractivity (Wildman–Crippen MR) is 197 cm³/mol. The molecule has 13 heteroatoms. The Hall–Kier alpha value is -2.38. The summed E-state index contributed by atoms with van der Waals surface area (Å²) in [5.41, 5.74) is 2.10. The normalized spacial score (nSPS) is 31.3. The zero-order valence-corrected chi connectivity index (χ0v) is 31.8. The molecular formula is C37H52ClN3O7S2. The lowest BCUT2D eigenvalue weighted by atomic mass is 9.62. The van der Waals surface area contributed by atoms with Crippen LogP contribution >= 0.6 is 11.6 Å². The van der Waals surface area contributed by atoms with Gasteiger partial charge in [0, 0.05) is 43.0 Å². The molecule has 50 heavy (non-hydrogen) atoms. The first-order valence-corrected chi connectivity index (χ1v) is 22.0. The van der Waals surface area contributed by atoms with Crippen molar-refractivity contribution in [3.05, 3.63) is 58.1 Å². The van der Waals surface area contributed by atoms with E-state index in [1.807, 2.05) is 25.1 Å². The van der Waals surface area contributed by atoms with E-state index in [-0.39, 0.29) is 23.3 Å². The van der Waals surface area contributed by atoms with E-state index in [0.717, 1.165) is 48.9 Å². The zero-order valence-electron chi connectivity index (χ0n) is 29.4. The summed E-state index contributed by atoms with van der Waals surface area (Å²) in [5.74, 6) is -0.161. The van der Waals surface area contributed by atoms with Crippen molar-refractivity contribution in [3.8, 4) is 5.75 Å². The second kappa shape index (κ2) is 14.9. The highest BCUT2D eigenvalue weighted by atomic mass is 35.5. The van der Waals surface area contributed by atoms with E-state index in [0.29, 0.717) is 75.8 Å². The summed E-state index contributed by atoms with van der Waals surface area (Å²) in [5, 5.41) is 12.0. The van der Waals surface area contributed by atoms with Crippen LogP contribution in [0, 0.1) is 17.8 Å². The second-order valence-electron chi connectivity index (χ2n) is 15.4. The first-order chi connectivity index (χ1) is 23.6. The van der Waals surface area contributed by atoms with Crippen molar-refractivity contribution in [2.75, 3.05) is 43.9 Å². The molecule has 3 aliphatic heterocycles. The van der Waals surface area contributed by atoms with Gasteiger partial charge in [0.1, 0.15) is 12.4 Å². The maximum absolute atomic E-state index is 13.5. The van der Waals surface area contributed by atoms with Crippen LogP contribution in [0.4, 0.5) is 5.69 Å². The van der Waals surface area contributed by atoms with Gasteiger partial charge in [0.05, 0.1) is 21.8 Å². The number of likely N-dealkylation sites (tertiary alicyclic amines) is 1. The Morgan fingerprint density at radius 3 is 2.52 bits per heavy atom. The zero-order chi connectivity index (χ0) is 35.8. The minimum Gasteiger partial charge on any atom is -0.487 e. The lowest BCUT2D eigenvalue weighted by Crippen LogP contribution is -2.56. The molecule has 2 bridgehead atoms. The van der Waals surface area contributed by atoms with Gasteiger partial charge in [0.2, 0.25) is 10.0 Å². The Balaban J connectivity index is 1.36. The van der Waals surface area contributed by atoms with Crippen LogP contribution in [-0.4, -0.2) is 87.8 Å². The summed E-state index contributed by atoms with van der Waals surface area (Å²) in [4.78, 5) is 17.9. The first-order valence-electron chi connectivity index (χ1n) is 18.1. The van der Waals surface area contributed by atoms with Crippen molar-refractivity contribution in [3.63, 3.8) is 0 Å². The van der Waals surface area contributed by atoms with E-state index >= 15 is 0 Å². The number of benzene rings is 2. The first kappa shape index (κ1) is 37.4. The minimum absolute atomic E-state index is 0.00965. The molecule has 1 amide bonds. The SMILES string of the molecule is C[C@@H]1[C@@H](C)CCC[C@@](O)(CN2CC[C@H](S(C)(=O)=O)C2)[C@@H]2CC[C@H]2CN2CCCCc3cc(Cl)ccc3COc3ccc(cc32)C(=O)NS1(=O)=O. The number of halogens is 1. The monoisotopic (exact) mass is 749 g/mol. The molecule has 1 saturated heterocycles. The molecule has 2 aromatic rings. The van der Waals surface area contributed by atoms with Crippen LogP contribution in [0.1, 0.15) is 86.7 Å². The molecule has 276 valence electrons. The number of rotatable bonds is 3. The maximum atomic E-state index is 13.5. The number of sulfone groups is 1. The maximum Gasteiger partial charge on any atom is 0.264 e. The molecule has 6 rings (SSSR count). The Kier molecular flexibility index (Phi) is 11.2. The number of fused-ring (bicyclic) bond motifs is 3. The molecule has 2 fully saturated rings. The molecule has 0 aromatic heterocycles. The fourth-order valence-corrected chi connectivity index (χ4v) is 11.0. The molecule has 1 saturated carbocycles. The van der Waals surface area contributed by atoms with E-state index in [1.165, 1.54) is 6.26 Å². The van der Waals surface area contributed by atoms with Gasteiger partial charge >= 0.3 is 0 Å². The number of nitrogens with zero attached hydrogens (tertiary/aromatic N) is 2. The number of sulfonamides is 1. The van der Waals surface area contributed by atoms with Gasteiger partial charge in [0.15, 0.2) is 9.84 Å². The smallest absolute Gasteiger partial charge is 0.264 e. The number of carbonyl (C=O) groups is 1. The molecule has 1 aliphatic carbocycles. The standard InChI is InChI=1S/C37H52ClN3O7S2/c1-25-7-6-16-37(43,24-40-18-15-32(22-40)49(3,44)45)33-13-10-29(33)21-41-17-5-4-8-27-19-31(38)12-9-30(27)23-48-35-14-11-28(20-34(35)41)36(42)39-50(46,47)26(25)2/h9,11-12,14,19-20,25-26,29,32-33,43H,4-8,10,13,15-18,21-24H2,1-3H3,(H,39,42)/t25-,26+,29-,32-,33+,37+/m0/s1. The number of nitrogens with one attached hydrogen (secondary N) is 1. The average Bonchev–Trinajstić information content (AvgIpc) is 3.50. The number of amides is 1. The molecule has 10 nitrogen and oxygen atoms in total.